The van der Waals surface area contributed by atoms with Gasteiger partial charge in [-0.05, 0) is 37.1 Å². The van der Waals surface area contributed by atoms with Crippen LogP contribution in [-0.2, 0) is 0 Å². The highest BCUT2D eigenvalue weighted by Gasteiger charge is 2.19. The van der Waals surface area contributed by atoms with E-state index in [0.717, 1.165) is 24.9 Å². The quantitative estimate of drug-likeness (QED) is 0.785. The molecule has 0 aliphatic carbocycles. The van der Waals surface area contributed by atoms with Crippen molar-refractivity contribution in [3.05, 3.63) is 23.5 Å². The Morgan fingerprint density at radius 3 is 2.93 bits per heavy atom. The van der Waals surface area contributed by atoms with Gasteiger partial charge in [0.2, 0.25) is 0 Å². The van der Waals surface area contributed by atoms with Gasteiger partial charge in [-0.25, -0.2) is 4.39 Å². The Hall–Kier alpha value is -1.29. The molecule has 1 atom stereocenters. The van der Waals surface area contributed by atoms with Crippen molar-refractivity contribution in [2.75, 3.05) is 13.7 Å². The third-order valence-electron chi connectivity index (χ3n) is 2.73. The minimum atomic E-state index is -0.627. The van der Waals surface area contributed by atoms with Crippen LogP contribution in [0.3, 0.4) is 0 Å². The first-order valence-electron chi connectivity index (χ1n) is 5.02. The summed E-state index contributed by atoms with van der Waals surface area (Å²) >= 11 is 0. The van der Waals surface area contributed by atoms with Gasteiger partial charge in [-0.3, -0.25) is 0 Å². The summed E-state index contributed by atoms with van der Waals surface area (Å²) in [6.07, 6.45) is 2.09. The monoisotopic (exact) mass is 211 g/mol. The number of aromatic hydroxyl groups is 1. The molecule has 1 heterocycles. The molecule has 1 aliphatic heterocycles. The van der Waals surface area contributed by atoms with Gasteiger partial charge in [0.1, 0.15) is 0 Å². The Balaban J connectivity index is 2.35. The van der Waals surface area contributed by atoms with Crippen molar-refractivity contribution in [1.29, 1.82) is 0 Å². The number of phenols is 1. The second-order valence-corrected chi connectivity index (χ2v) is 3.70. The summed E-state index contributed by atoms with van der Waals surface area (Å²) in [7, 11) is 1.42. The first-order chi connectivity index (χ1) is 7.22. The van der Waals surface area contributed by atoms with Crippen LogP contribution in [0.15, 0.2) is 12.1 Å². The number of halogens is 1. The van der Waals surface area contributed by atoms with Crippen LogP contribution >= 0.6 is 0 Å². The fourth-order valence-corrected chi connectivity index (χ4v) is 1.92. The van der Waals surface area contributed by atoms with E-state index in [-0.39, 0.29) is 11.8 Å². The fourth-order valence-electron chi connectivity index (χ4n) is 1.92. The van der Waals surface area contributed by atoms with Gasteiger partial charge in [0, 0.05) is 6.04 Å². The maximum absolute atomic E-state index is 13.3. The number of hydrogen-bond donors (Lipinski definition) is 2. The van der Waals surface area contributed by atoms with Crippen LogP contribution in [0.2, 0.25) is 0 Å². The van der Waals surface area contributed by atoms with E-state index in [1.807, 2.05) is 0 Å². The number of nitrogens with one attached hydrogen (secondary N) is 1. The first kappa shape index (κ1) is 10.2. The van der Waals surface area contributed by atoms with Crippen LogP contribution in [0.5, 0.6) is 11.5 Å². The SMILES string of the molecule is COc1cc([C@@H]2CCCN2)cc(F)c1O. The summed E-state index contributed by atoms with van der Waals surface area (Å²) in [5.74, 6) is -0.851. The number of hydrogen-bond acceptors (Lipinski definition) is 3. The molecule has 1 aromatic carbocycles. The van der Waals surface area contributed by atoms with E-state index in [0.29, 0.717) is 0 Å². The van der Waals surface area contributed by atoms with E-state index >= 15 is 0 Å². The van der Waals surface area contributed by atoms with Crippen molar-refractivity contribution < 1.29 is 14.2 Å². The molecule has 0 radical (unpaired) electrons. The Bertz CT molecular complexity index is 362. The number of methoxy groups -OCH3 is 1. The predicted octanol–water partition coefficient (Wildman–Crippen LogP) is 1.96. The van der Waals surface area contributed by atoms with E-state index in [2.05, 4.69) is 5.32 Å². The second-order valence-electron chi connectivity index (χ2n) is 3.70. The van der Waals surface area contributed by atoms with Crippen LogP contribution in [0.4, 0.5) is 4.39 Å². The molecule has 0 amide bonds. The minimum absolute atomic E-state index is 0.175. The summed E-state index contributed by atoms with van der Waals surface area (Å²) < 4.78 is 18.2. The van der Waals surface area contributed by atoms with Crippen molar-refractivity contribution >= 4 is 0 Å². The molecule has 1 fully saturated rings. The molecule has 2 N–H and O–H groups in total. The molecule has 0 aromatic heterocycles. The number of phenolic OH excluding ortho intramolecular Hbond substituents is 1. The molecule has 1 saturated heterocycles. The van der Waals surface area contributed by atoms with Gasteiger partial charge in [0.25, 0.3) is 0 Å². The lowest BCUT2D eigenvalue weighted by Gasteiger charge is -2.13. The van der Waals surface area contributed by atoms with E-state index in [4.69, 9.17) is 4.74 Å². The van der Waals surface area contributed by atoms with Gasteiger partial charge in [0.15, 0.2) is 17.3 Å². The lowest BCUT2D eigenvalue weighted by Crippen LogP contribution is -2.13. The van der Waals surface area contributed by atoms with Gasteiger partial charge in [-0.1, -0.05) is 0 Å². The van der Waals surface area contributed by atoms with Crippen LogP contribution in [-0.4, -0.2) is 18.8 Å². The van der Waals surface area contributed by atoms with E-state index < -0.39 is 11.6 Å². The zero-order valence-corrected chi connectivity index (χ0v) is 8.59. The molecule has 0 bridgehead atoms. The molecule has 1 aromatic rings. The molecule has 0 saturated carbocycles. The average molecular weight is 211 g/mol. The zero-order chi connectivity index (χ0) is 10.8. The van der Waals surface area contributed by atoms with Crippen molar-refractivity contribution in [3.63, 3.8) is 0 Å². The van der Waals surface area contributed by atoms with Crippen LogP contribution in [0, 0.1) is 5.82 Å². The van der Waals surface area contributed by atoms with Crippen LogP contribution in [0.1, 0.15) is 24.4 Å². The Kier molecular flexibility index (Phi) is 2.77. The van der Waals surface area contributed by atoms with Gasteiger partial charge < -0.3 is 15.2 Å². The largest absolute Gasteiger partial charge is 0.502 e. The predicted molar refractivity (Wildman–Crippen MR) is 54.6 cm³/mol. The number of ether oxygens (including phenoxy) is 1. The lowest BCUT2D eigenvalue weighted by molar-refractivity contribution is 0.355. The van der Waals surface area contributed by atoms with Gasteiger partial charge in [0.05, 0.1) is 7.11 Å². The molecular weight excluding hydrogens is 197 g/mol. The number of rotatable bonds is 2. The molecule has 0 spiro atoms. The van der Waals surface area contributed by atoms with Crippen molar-refractivity contribution in [2.24, 2.45) is 0 Å². The third kappa shape index (κ3) is 1.90. The summed E-state index contributed by atoms with van der Waals surface area (Å²) in [5, 5.41) is 12.6. The molecule has 0 unspecified atom stereocenters. The molecule has 3 nitrogen and oxygen atoms in total. The van der Waals surface area contributed by atoms with Crippen LogP contribution < -0.4 is 10.1 Å². The maximum Gasteiger partial charge on any atom is 0.194 e. The second kappa shape index (κ2) is 4.06. The first-order valence-corrected chi connectivity index (χ1v) is 5.02. The molecule has 4 heteroatoms. The fraction of sp³-hybridized carbons (Fsp3) is 0.455. The molecular formula is C11H14FNO2. The summed E-state index contributed by atoms with van der Waals surface area (Å²) in [5.41, 5.74) is 0.833. The highest BCUT2D eigenvalue weighted by molar-refractivity contribution is 5.44. The zero-order valence-electron chi connectivity index (χ0n) is 8.59. The van der Waals surface area contributed by atoms with Crippen molar-refractivity contribution in [2.45, 2.75) is 18.9 Å². The highest BCUT2D eigenvalue weighted by atomic mass is 19.1. The number of benzene rings is 1. The summed E-state index contributed by atoms with van der Waals surface area (Å²) in [4.78, 5) is 0. The minimum Gasteiger partial charge on any atom is -0.502 e. The van der Waals surface area contributed by atoms with Crippen molar-refractivity contribution in [3.8, 4) is 11.5 Å². The molecule has 1 aliphatic rings. The van der Waals surface area contributed by atoms with E-state index in [1.165, 1.54) is 13.2 Å². The Labute approximate surface area is 87.9 Å². The molecule has 2 rings (SSSR count). The average Bonchev–Trinajstić information content (AvgIpc) is 2.75. The highest BCUT2D eigenvalue weighted by Crippen LogP contribution is 2.34. The van der Waals surface area contributed by atoms with Crippen LogP contribution in [0.25, 0.3) is 0 Å². The summed E-state index contributed by atoms with van der Waals surface area (Å²) in [6.45, 7) is 0.954. The Morgan fingerprint density at radius 1 is 1.53 bits per heavy atom. The van der Waals surface area contributed by atoms with Crippen molar-refractivity contribution in [1.82, 2.24) is 5.32 Å². The lowest BCUT2D eigenvalue weighted by atomic mass is 10.0. The smallest absolute Gasteiger partial charge is 0.194 e. The molecule has 15 heavy (non-hydrogen) atoms. The van der Waals surface area contributed by atoms with E-state index in [9.17, 15) is 9.50 Å². The van der Waals surface area contributed by atoms with E-state index in [1.54, 1.807) is 6.07 Å². The van der Waals surface area contributed by atoms with Gasteiger partial charge in [-0.2, -0.15) is 0 Å². The third-order valence-corrected chi connectivity index (χ3v) is 2.73. The normalized spacial score (nSPS) is 20.5. The topological polar surface area (TPSA) is 41.5 Å². The summed E-state index contributed by atoms with van der Waals surface area (Å²) in [6, 6.07) is 3.22. The van der Waals surface area contributed by atoms with Gasteiger partial charge >= 0.3 is 0 Å². The molecule has 82 valence electrons. The van der Waals surface area contributed by atoms with Gasteiger partial charge in [-0.15, -0.1) is 0 Å². The maximum atomic E-state index is 13.3. The standard InChI is InChI=1S/C11H14FNO2/c1-15-10-6-7(5-8(12)11(10)14)9-3-2-4-13-9/h5-6,9,13-14H,2-4H2,1H3/t9-/m0/s1. The Morgan fingerprint density at radius 2 is 2.33 bits per heavy atom.